The van der Waals surface area contributed by atoms with E-state index in [1.165, 1.54) is 42.5 Å². The van der Waals surface area contributed by atoms with E-state index < -0.39 is 34.4 Å². The van der Waals surface area contributed by atoms with E-state index in [-0.39, 0.29) is 39.1 Å². The van der Waals surface area contributed by atoms with Crippen LogP contribution in [0.1, 0.15) is 32.5 Å². The van der Waals surface area contributed by atoms with Crippen molar-refractivity contribution >= 4 is 45.6 Å². The van der Waals surface area contributed by atoms with E-state index in [1.54, 1.807) is 13.0 Å². The lowest BCUT2D eigenvalue weighted by Gasteiger charge is -2.23. The van der Waals surface area contributed by atoms with Gasteiger partial charge >= 0.3 is 11.9 Å². The Bertz CT molecular complexity index is 1590. The third-order valence-corrected chi connectivity index (χ3v) is 7.33. The average Bonchev–Trinajstić information content (AvgIpc) is 3.47. The van der Waals surface area contributed by atoms with E-state index in [2.05, 4.69) is 11.6 Å². The molecule has 1 fully saturated rings. The summed E-state index contributed by atoms with van der Waals surface area (Å²) in [7, 11) is 0. The summed E-state index contributed by atoms with van der Waals surface area (Å²) in [6.45, 7) is 5.68. The number of nitro groups is 1. The summed E-state index contributed by atoms with van der Waals surface area (Å²) in [5.74, 6) is -2.35. The zero-order valence-electron chi connectivity index (χ0n) is 21.0. The molecule has 1 unspecified atom stereocenters. The van der Waals surface area contributed by atoms with Gasteiger partial charge in [0.2, 0.25) is 0 Å². The number of rotatable bonds is 7. The molecule has 0 radical (unpaired) electrons. The molecule has 1 N–H and O–H groups in total. The standard InChI is InChI=1S/C27H21N3O9S/c1-3-10-39-26(34)24-14(2)28-27(40-24)29-21(15-4-7-17(8-5-15)30(35)36)20(23(32)25(29)33)22(31)16-6-9-18-19(13-16)38-12-11-37-18/h3-9,13,21,31H,1,10-12H2,2H3/b22-20+. The number of esters is 1. The highest BCUT2D eigenvalue weighted by molar-refractivity contribution is 7.17. The molecule has 40 heavy (non-hydrogen) atoms. The van der Waals surface area contributed by atoms with E-state index in [0.29, 0.717) is 30.3 Å². The van der Waals surface area contributed by atoms with Gasteiger partial charge in [-0.2, -0.15) is 0 Å². The summed E-state index contributed by atoms with van der Waals surface area (Å²) >= 11 is 0.840. The number of aromatic nitrogens is 1. The summed E-state index contributed by atoms with van der Waals surface area (Å²) in [6.07, 6.45) is 1.40. The molecule has 3 aromatic rings. The molecule has 1 aromatic heterocycles. The van der Waals surface area contributed by atoms with Crippen molar-refractivity contribution in [3.8, 4) is 11.5 Å². The number of fused-ring (bicyclic) bond motifs is 1. The number of thiazole rings is 1. The van der Waals surface area contributed by atoms with Crippen molar-refractivity contribution in [3.63, 3.8) is 0 Å². The normalized spacial score (nSPS) is 17.5. The minimum absolute atomic E-state index is 0.00901. The summed E-state index contributed by atoms with van der Waals surface area (Å²) in [5, 5.41) is 22.6. The van der Waals surface area contributed by atoms with Gasteiger partial charge in [0.05, 0.1) is 22.2 Å². The monoisotopic (exact) mass is 563 g/mol. The van der Waals surface area contributed by atoms with Gasteiger partial charge in [-0.3, -0.25) is 24.6 Å². The Morgan fingerprint density at radius 2 is 1.93 bits per heavy atom. The number of aryl methyl sites for hydroxylation is 1. The van der Waals surface area contributed by atoms with Gasteiger partial charge in [0.15, 0.2) is 16.6 Å². The van der Waals surface area contributed by atoms with Crippen molar-refractivity contribution in [1.29, 1.82) is 0 Å². The molecule has 0 aliphatic carbocycles. The van der Waals surface area contributed by atoms with Gasteiger partial charge in [0.25, 0.3) is 11.5 Å². The maximum absolute atomic E-state index is 13.4. The van der Waals surface area contributed by atoms with Crippen LogP contribution in [0.2, 0.25) is 0 Å². The van der Waals surface area contributed by atoms with Crippen LogP contribution in [0.25, 0.3) is 5.76 Å². The van der Waals surface area contributed by atoms with Crippen molar-refractivity contribution in [1.82, 2.24) is 4.98 Å². The highest BCUT2D eigenvalue weighted by atomic mass is 32.1. The van der Waals surface area contributed by atoms with Crippen molar-refractivity contribution in [2.75, 3.05) is 24.7 Å². The molecule has 0 spiro atoms. The lowest BCUT2D eigenvalue weighted by molar-refractivity contribution is -0.384. The van der Waals surface area contributed by atoms with Crippen LogP contribution in [0.3, 0.4) is 0 Å². The second kappa shape index (κ2) is 10.6. The second-order valence-electron chi connectivity index (χ2n) is 8.67. The van der Waals surface area contributed by atoms with E-state index >= 15 is 0 Å². The van der Waals surface area contributed by atoms with E-state index in [0.717, 1.165) is 16.2 Å². The topological polar surface area (TPSA) is 158 Å². The Balaban J connectivity index is 1.65. The number of aliphatic hydroxyl groups is 1. The summed E-state index contributed by atoms with van der Waals surface area (Å²) in [4.78, 5) is 55.5. The molecular formula is C27H21N3O9S. The SMILES string of the molecule is C=CCOC(=O)c1sc(N2C(=O)C(=O)/C(=C(/O)c3ccc4c(c3)OCCO4)C2c2ccc([N+](=O)[O-])cc2)nc1C. The first-order valence-corrected chi connectivity index (χ1v) is 12.7. The molecule has 1 atom stereocenters. The molecule has 13 heteroatoms. The number of hydrogen-bond acceptors (Lipinski definition) is 11. The maximum atomic E-state index is 13.4. The van der Waals surface area contributed by atoms with Crippen LogP contribution >= 0.6 is 11.3 Å². The smallest absolute Gasteiger partial charge is 0.350 e. The lowest BCUT2D eigenvalue weighted by atomic mass is 9.95. The molecule has 0 saturated carbocycles. The predicted octanol–water partition coefficient (Wildman–Crippen LogP) is 4.10. The van der Waals surface area contributed by atoms with Crippen molar-refractivity contribution in [3.05, 3.63) is 92.5 Å². The molecule has 5 rings (SSSR count). The number of carbonyl (C=O) groups is 3. The first-order chi connectivity index (χ1) is 19.2. The number of hydrogen-bond donors (Lipinski definition) is 1. The van der Waals surface area contributed by atoms with Crippen LogP contribution in [-0.4, -0.2) is 52.5 Å². The molecule has 0 bridgehead atoms. The Hall–Kier alpha value is -5.04. The maximum Gasteiger partial charge on any atom is 0.350 e. The van der Waals surface area contributed by atoms with Crippen LogP contribution in [0, 0.1) is 17.0 Å². The number of ketones is 1. The number of nitro benzene ring substituents is 1. The van der Waals surface area contributed by atoms with Crippen LogP contribution in [0.5, 0.6) is 11.5 Å². The van der Waals surface area contributed by atoms with Crippen LogP contribution < -0.4 is 14.4 Å². The van der Waals surface area contributed by atoms with Gasteiger partial charge in [0.1, 0.15) is 30.5 Å². The Labute approximate surface area is 230 Å². The first-order valence-electron chi connectivity index (χ1n) is 11.9. The number of aliphatic hydroxyl groups excluding tert-OH is 1. The number of non-ortho nitro benzene ring substituents is 1. The molecular weight excluding hydrogens is 542 g/mol. The fourth-order valence-corrected chi connectivity index (χ4v) is 5.33. The molecule has 204 valence electrons. The van der Waals surface area contributed by atoms with E-state index in [4.69, 9.17) is 14.2 Å². The summed E-state index contributed by atoms with van der Waals surface area (Å²) in [6, 6.07) is 8.60. The van der Waals surface area contributed by atoms with E-state index in [1.807, 2.05) is 0 Å². The number of ether oxygens (including phenoxy) is 3. The zero-order chi connectivity index (χ0) is 28.6. The fraction of sp³-hybridized carbons (Fsp3) is 0.185. The molecule has 2 aromatic carbocycles. The third kappa shape index (κ3) is 4.66. The van der Waals surface area contributed by atoms with E-state index in [9.17, 15) is 29.6 Å². The molecule has 1 saturated heterocycles. The highest BCUT2D eigenvalue weighted by Crippen LogP contribution is 2.45. The largest absolute Gasteiger partial charge is 0.507 e. The summed E-state index contributed by atoms with van der Waals surface area (Å²) < 4.78 is 16.2. The van der Waals surface area contributed by atoms with Crippen molar-refractivity contribution in [2.24, 2.45) is 0 Å². The minimum Gasteiger partial charge on any atom is -0.507 e. The predicted molar refractivity (Wildman–Crippen MR) is 143 cm³/mol. The third-order valence-electron chi connectivity index (χ3n) is 6.19. The molecule has 2 aliphatic rings. The van der Waals surface area contributed by atoms with Gasteiger partial charge < -0.3 is 19.3 Å². The number of carbonyl (C=O) groups excluding carboxylic acids is 3. The number of anilines is 1. The lowest BCUT2D eigenvalue weighted by Crippen LogP contribution is -2.29. The quantitative estimate of drug-likeness (QED) is 0.0843. The zero-order valence-corrected chi connectivity index (χ0v) is 21.8. The van der Waals surface area contributed by atoms with Crippen LogP contribution in [0.15, 0.2) is 60.7 Å². The molecule has 1 amide bonds. The average molecular weight is 564 g/mol. The van der Waals surface area contributed by atoms with Gasteiger partial charge in [-0.25, -0.2) is 9.78 Å². The first kappa shape index (κ1) is 26.6. The molecule has 2 aliphatic heterocycles. The Kier molecular flexibility index (Phi) is 7.05. The van der Waals surface area contributed by atoms with Crippen molar-refractivity contribution < 1.29 is 38.6 Å². The van der Waals surface area contributed by atoms with Gasteiger partial charge in [-0.15, -0.1) is 0 Å². The Morgan fingerprint density at radius 3 is 2.60 bits per heavy atom. The fourth-order valence-electron chi connectivity index (χ4n) is 4.34. The number of benzene rings is 2. The minimum atomic E-state index is -1.21. The van der Waals surface area contributed by atoms with Crippen LogP contribution in [-0.2, 0) is 14.3 Å². The van der Waals surface area contributed by atoms with Gasteiger partial charge in [0, 0.05) is 17.7 Å². The second-order valence-corrected chi connectivity index (χ2v) is 9.65. The van der Waals surface area contributed by atoms with Gasteiger partial charge in [-0.05, 0) is 42.8 Å². The van der Waals surface area contributed by atoms with Gasteiger partial charge in [-0.1, -0.05) is 24.0 Å². The number of nitrogens with zero attached hydrogens (tertiary/aromatic N) is 3. The molecule has 3 heterocycles. The number of amides is 1. The highest BCUT2D eigenvalue weighted by Gasteiger charge is 2.48. The molecule has 12 nitrogen and oxygen atoms in total. The summed E-state index contributed by atoms with van der Waals surface area (Å²) in [5.41, 5.74) is 0.292. The van der Waals surface area contributed by atoms with Crippen LogP contribution in [0.4, 0.5) is 10.8 Å². The Morgan fingerprint density at radius 1 is 1.23 bits per heavy atom. The number of Topliss-reactive ketones (excluding diaryl/α,β-unsaturated/α-hetero) is 1. The van der Waals surface area contributed by atoms with Crippen molar-refractivity contribution in [2.45, 2.75) is 13.0 Å².